The molecule has 0 aliphatic rings. The molecule has 0 aliphatic carbocycles. The van der Waals surface area contributed by atoms with Crippen molar-refractivity contribution in [2.24, 2.45) is 5.10 Å². The molecule has 3 aromatic rings. The van der Waals surface area contributed by atoms with Gasteiger partial charge in [-0.3, -0.25) is 5.43 Å². The second kappa shape index (κ2) is 6.33. The van der Waals surface area contributed by atoms with Gasteiger partial charge >= 0.3 is 0 Å². The second-order valence-electron chi connectivity index (χ2n) is 4.45. The van der Waals surface area contributed by atoms with E-state index >= 15 is 0 Å². The van der Waals surface area contributed by atoms with Crippen LogP contribution in [0.2, 0.25) is 0 Å². The maximum atomic E-state index is 13.7. The molecule has 0 spiro atoms. The Balaban J connectivity index is 1.78. The highest BCUT2D eigenvalue weighted by molar-refractivity contribution is 7.14. The van der Waals surface area contributed by atoms with Gasteiger partial charge < -0.3 is 0 Å². The van der Waals surface area contributed by atoms with E-state index in [0.717, 1.165) is 16.7 Å². The van der Waals surface area contributed by atoms with Gasteiger partial charge in [0.1, 0.15) is 11.6 Å². The van der Waals surface area contributed by atoms with E-state index in [-0.39, 0.29) is 5.56 Å². The first kappa shape index (κ1) is 14.8. The summed E-state index contributed by atoms with van der Waals surface area (Å²) in [4.78, 5) is 5.33. The van der Waals surface area contributed by atoms with E-state index in [2.05, 4.69) is 15.5 Å². The third-order valence-corrected chi connectivity index (χ3v) is 4.63. The number of rotatable bonds is 4. The van der Waals surface area contributed by atoms with Crippen molar-refractivity contribution in [2.45, 2.75) is 6.92 Å². The summed E-state index contributed by atoms with van der Waals surface area (Å²) in [6.45, 7) is 1.90. The molecule has 3 nitrogen and oxygen atoms in total. The van der Waals surface area contributed by atoms with Crippen LogP contribution in [0.4, 0.5) is 13.9 Å². The SMILES string of the molecule is C/C(=N\Nc1nc(-c2ccc(F)cc2F)cs1)c1cccs1. The molecule has 0 amide bonds. The van der Waals surface area contributed by atoms with Gasteiger partial charge in [-0.25, -0.2) is 13.8 Å². The number of hydrazone groups is 1. The zero-order valence-corrected chi connectivity index (χ0v) is 13.1. The van der Waals surface area contributed by atoms with Gasteiger partial charge in [-0.1, -0.05) is 6.07 Å². The van der Waals surface area contributed by atoms with Crippen LogP contribution in [0.15, 0.2) is 46.2 Å². The third kappa shape index (κ3) is 3.20. The molecule has 22 heavy (non-hydrogen) atoms. The number of anilines is 1. The summed E-state index contributed by atoms with van der Waals surface area (Å²) in [5, 5.41) is 8.48. The van der Waals surface area contributed by atoms with Crippen molar-refractivity contribution in [3.63, 3.8) is 0 Å². The maximum absolute atomic E-state index is 13.7. The maximum Gasteiger partial charge on any atom is 0.203 e. The summed E-state index contributed by atoms with van der Waals surface area (Å²) in [7, 11) is 0. The van der Waals surface area contributed by atoms with Crippen molar-refractivity contribution < 1.29 is 8.78 Å². The van der Waals surface area contributed by atoms with Crippen LogP contribution < -0.4 is 5.43 Å². The Hall–Kier alpha value is -2.12. The number of thiazole rings is 1. The van der Waals surface area contributed by atoms with Crippen LogP contribution in [-0.4, -0.2) is 10.7 Å². The lowest BCUT2D eigenvalue weighted by atomic mass is 10.1. The van der Waals surface area contributed by atoms with Crippen LogP contribution in [0.1, 0.15) is 11.8 Å². The number of halogens is 2. The summed E-state index contributed by atoms with van der Waals surface area (Å²) in [6, 6.07) is 7.37. The fourth-order valence-electron chi connectivity index (χ4n) is 1.82. The molecule has 0 radical (unpaired) electrons. The number of nitrogens with one attached hydrogen (secondary N) is 1. The smallest absolute Gasteiger partial charge is 0.203 e. The van der Waals surface area contributed by atoms with Gasteiger partial charge in [-0.2, -0.15) is 5.10 Å². The van der Waals surface area contributed by atoms with Crippen molar-refractivity contribution >= 4 is 33.5 Å². The number of nitrogens with zero attached hydrogens (tertiary/aromatic N) is 2. The Bertz CT molecular complexity index is 810. The van der Waals surface area contributed by atoms with Gasteiger partial charge in [0, 0.05) is 21.9 Å². The fraction of sp³-hybridized carbons (Fsp3) is 0.0667. The van der Waals surface area contributed by atoms with Crippen LogP contribution in [0.5, 0.6) is 0 Å². The van der Waals surface area contributed by atoms with Crippen LogP contribution in [0.25, 0.3) is 11.3 Å². The highest BCUT2D eigenvalue weighted by atomic mass is 32.1. The molecule has 7 heteroatoms. The van der Waals surface area contributed by atoms with Gasteiger partial charge in [-0.15, -0.1) is 22.7 Å². The minimum Gasteiger partial charge on any atom is -0.252 e. The van der Waals surface area contributed by atoms with E-state index in [0.29, 0.717) is 10.8 Å². The van der Waals surface area contributed by atoms with E-state index in [1.165, 1.54) is 23.5 Å². The number of hydrogen-bond acceptors (Lipinski definition) is 5. The third-order valence-electron chi connectivity index (χ3n) is 2.91. The standard InChI is InChI=1S/C15H11F2N3S2/c1-9(14-3-2-6-21-14)19-20-15-18-13(8-22-15)11-5-4-10(16)7-12(11)17/h2-8H,1H3,(H,18,20)/b19-9+. The molecule has 2 aromatic heterocycles. The molecular formula is C15H11F2N3S2. The molecule has 0 bridgehead atoms. The number of aromatic nitrogens is 1. The quantitative estimate of drug-likeness (QED) is 0.539. The average molecular weight is 335 g/mol. The van der Waals surface area contributed by atoms with Crippen LogP contribution in [-0.2, 0) is 0 Å². The Morgan fingerprint density at radius 1 is 1.23 bits per heavy atom. The first-order valence-corrected chi connectivity index (χ1v) is 8.14. The molecule has 0 aliphatic heterocycles. The summed E-state index contributed by atoms with van der Waals surface area (Å²) >= 11 is 2.91. The zero-order valence-electron chi connectivity index (χ0n) is 11.5. The highest BCUT2D eigenvalue weighted by Crippen LogP contribution is 2.27. The predicted molar refractivity (Wildman–Crippen MR) is 87.6 cm³/mol. The Morgan fingerprint density at radius 2 is 2.09 bits per heavy atom. The fourth-order valence-corrected chi connectivity index (χ4v) is 3.15. The van der Waals surface area contributed by atoms with E-state index in [1.54, 1.807) is 16.7 Å². The van der Waals surface area contributed by atoms with Crippen molar-refractivity contribution in [3.05, 3.63) is 57.6 Å². The van der Waals surface area contributed by atoms with Crippen molar-refractivity contribution in [3.8, 4) is 11.3 Å². The van der Waals surface area contributed by atoms with Crippen LogP contribution in [0.3, 0.4) is 0 Å². The molecule has 3 rings (SSSR count). The molecular weight excluding hydrogens is 324 g/mol. The Labute approximate surface area is 134 Å². The van der Waals surface area contributed by atoms with Crippen molar-refractivity contribution in [1.82, 2.24) is 4.98 Å². The van der Waals surface area contributed by atoms with E-state index in [9.17, 15) is 8.78 Å². The monoisotopic (exact) mass is 335 g/mol. The van der Waals surface area contributed by atoms with E-state index in [1.807, 2.05) is 24.4 Å². The van der Waals surface area contributed by atoms with Crippen LogP contribution >= 0.6 is 22.7 Å². The molecule has 1 aromatic carbocycles. The summed E-state index contributed by atoms with van der Waals surface area (Å²) in [5.74, 6) is -1.24. The number of thiophene rings is 1. The van der Waals surface area contributed by atoms with Gasteiger partial charge in [0.05, 0.1) is 11.4 Å². The largest absolute Gasteiger partial charge is 0.252 e. The molecule has 112 valence electrons. The van der Waals surface area contributed by atoms with Crippen molar-refractivity contribution in [2.75, 3.05) is 5.43 Å². The zero-order chi connectivity index (χ0) is 15.5. The topological polar surface area (TPSA) is 37.3 Å². The minimum absolute atomic E-state index is 0.268. The van der Waals surface area contributed by atoms with Gasteiger partial charge in [-0.05, 0) is 30.5 Å². The Morgan fingerprint density at radius 3 is 2.82 bits per heavy atom. The summed E-state index contributed by atoms with van der Waals surface area (Å²) in [5.41, 5.74) is 4.43. The summed E-state index contributed by atoms with van der Waals surface area (Å²) < 4.78 is 26.6. The van der Waals surface area contributed by atoms with Crippen molar-refractivity contribution in [1.29, 1.82) is 0 Å². The molecule has 0 unspecified atom stereocenters. The first-order chi connectivity index (χ1) is 10.6. The normalized spacial score (nSPS) is 11.7. The Kier molecular flexibility index (Phi) is 4.26. The molecule has 2 heterocycles. The predicted octanol–water partition coefficient (Wildman–Crippen LogP) is 4.99. The highest BCUT2D eigenvalue weighted by Gasteiger charge is 2.10. The van der Waals surface area contributed by atoms with E-state index < -0.39 is 11.6 Å². The van der Waals surface area contributed by atoms with E-state index in [4.69, 9.17) is 0 Å². The number of benzene rings is 1. The van der Waals surface area contributed by atoms with Crippen LogP contribution in [0, 0.1) is 11.6 Å². The van der Waals surface area contributed by atoms with Gasteiger partial charge in [0.15, 0.2) is 0 Å². The lowest BCUT2D eigenvalue weighted by Crippen LogP contribution is -1.97. The molecule has 0 fully saturated rings. The van der Waals surface area contributed by atoms with Gasteiger partial charge in [0.2, 0.25) is 5.13 Å². The first-order valence-electron chi connectivity index (χ1n) is 6.38. The lowest BCUT2D eigenvalue weighted by Gasteiger charge is -1.99. The number of hydrogen-bond donors (Lipinski definition) is 1. The van der Waals surface area contributed by atoms with Gasteiger partial charge in [0.25, 0.3) is 0 Å². The molecule has 0 saturated carbocycles. The average Bonchev–Trinajstić information content (AvgIpc) is 3.16. The lowest BCUT2D eigenvalue weighted by molar-refractivity contribution is 0.585. The molecule has 0 atom stereocenters. The molecule has 0 saturated heterocycles. The summed E-state index contributed by atoms with van der Waals surface area (Å²) in [6.07, 6.45) is 0. The second-order valence-corrected chi connectivity index (χ2v) is 6.25. The molecule has 1 N–H and O–H groups in total. The minimum atomic E-state index is -0.630.